The van der Waals surface area contributed by atoms with Crippen molar-refractivity contribution in [1.82, 2.24) is 30.7 Å². The summed E-state index contributed by atoms with van der Waals surface area (Å²) in [4.78, 5) is 12.8. The molecule has 2 aromatic carbocycles. The number of anilines is 1. The van der Waals surface area contributed by atoms with Gasteiger partial charge in [-0.25, -0.2) is 14.4 Å². The number of carbonyl (C=O) groups excluding carboxylic acids is 1. The molecule has 12 heteroatoms. The molecule has 32 heavy (non-hydrogen) atoms. The van der Waals surface area contributed by atoms with E-state index >= 15 is 0 Å². The molecule has 0 aliphatic rings. The molecule has 0 fully saturated rings. The maximum atomic E-state index is 13.7. The molecule has 0 unspecified atom stereocenters. The average molecular weight is 436 g/mol. The Morgan fingerprint density at radius 3 is 2.88 bits per heavy atom. The van der Waals surface area contributed by atoms with Gasteiger partial charge >= 0.3 is 0 Å². The summed E-state index contributed by atoms with van der Waals surface area (Å²) in [5.41, 5.74) is 9.06. The Kier molecular flexibility index (Phi) is 5.83. The summed E-state index contributed by atoms with van der Waals surface area (Å²) < 4.78 is 25.2. The lowest BCUT2D eigenvalue weighted by molar-refractivity contribution is 0.0950. The van der Waals surface area contributed by atoms with Crippen LogP contribution in [0.3, 0.4) is 0 Å². The van der Waals surface area contributed by atoms with Gasteiger partial charge in [-0.1, -0.05) is 35.5 Å². The number of amides is 1. The first kappa shape index (κ1) is 20.7. The normalized spacial score (nSPS) is 11.1. The number of hydrogen-bond donors (Lipinski definition) is 2. The van der Waals surface area contributed by atoms with Crippen LogP contribution in [0.4, 0.5) is 10.2 Å². The lowest BCUT2D eigenvalue weighted by Crippen LogP contribution is -2.19. The number of halogens is 1. The van der Waals surface area contributed by atoms with Crippen molar-refractivity contribution in [3.8, 4) is 22.8 Å². The summed E-state index contributed by atoms with van der Waals surface area (Å²) in [6.45, 7) is 2.31. The van der Waals surface area contributed by atoms with Crippen molar-refractivity contribution in [3.05, 3.63) is 65.6 Å². The van der Waals surface area contributed by atoms with Crippen molar-refractivity contribution in [2.45, 2.75) is 6.92 Å². The standard InChI is InChI=1S/C20H17FN8O3/c1-2-31-14-8-5-7-12(10-14)17-16(24-28-29(17)19-18(22)26-32-27-19)20(30)25-23-11-13-6-3-4-9-15(13)21/h3-11H,2H2,1H3,(H2,22,26)(H,25,30). The minimum absolute atomic E-state index is 0.0401. The second-order valence-electron chi connectivity index (χ2n) is 6.35. The van der Waals surface area contributed by atoms with E-state index in [1.165, 1.54) is 23.0 Å². The highest BCUT2D eigenvalue weighted by Crippen LogP contribution is 2.29. The van der Waals surface area contributed by atoms with Gasteiger partial charge in [0.2, 0.25) is 11.6 Å². The van der Waals surface area contributed by atoms with Crippen LogP contribution in [0.15, 0.2) is 58.3 Å². The van der Waals surface area contributed by atoms with E-state index < -0.39 is 11.7 Å². The molecule has 2 aromatic heterocycles. The Balaban J connectivity index is 1.71. The number of nitrogens with zero attached hydrogens (tertiary/aromatic N) is 6. The van der Waals surface area contributed by atoms with Gasteiger partial charge in [0, 0.05) is 11.1 Å². The van der Waals surface area contributed by atoms with Gasteiger partial charge in [-0.3, -0.25) is 4.79 Å². The Bertz CT molecular complexity index is 1280. The zero-order valence-electron chi connectivity index (χ0n) is 16.8. The fourth-order valence-electron chi connectivity index (χ4n) is 2.87. The first-order valence-corrected chi connectivity index (χ1v) is 9.43. The Morgan fingerprint density at radius 2 is 2.12 bits per heavy atom. The minimum atomic E-state index is -0.685. The van der Waals surface area contributed by atoms with E-state index in [0.717, 1.165) is 0 Å². The van der Waals surface area contributed by atoms with Crippen LogP contribution in [0.5, 0.6) is 5.75 Å². The first-order chi connectivity index (χ1) is 15.6. The molecule has 0 aliphatic heterocycles. The number of ether oxygens (including phenoxy) is 1. The minimum Gasteiger partial charge on any atom is -0.494 e. The number of carbonyl (C=O) groups is 1. The highest BCUT2D eigenvalue weighted by atomic mass is 19.1. The van der Waals surface area contributed by atoms with Gasteiger partial charge in [-0.05, 0) is 35.4 Å². The molecule has 162 valence electrons. The molecular weight excluding hydrogens is 419 g/mol. The molecule has 4 rings (SSSR count). The number of nitrogens with one attached hydrogen (secondary N) is 1. The maximum Gasteiger partial charge on any atom is 0.294 e. The van der Waals surface area contributed by atoms with E-state index in [-0.39, 0.29) is 28.6 Å². The Morgan fingerprint density at radius 1 is 1.28 bits per heavy atom. The van der Waals surface area contributed by atoms with E-state index in [4.69, 9.17) is 10.5 Å². The number of rotatable bonds is 7. The topological polar surface area (TPSA) is 146 Å². The summed E-state index contributed by atoms with van der Waals surface area (Å²) >= 11 is 0. The van der Waals surface area contributed by atoms with Gasteiger partial charge in [-0.15, -0.1) is 5.10 Å². The van der Waals surface area contributed by atoms with Gasteiger partial charge < -0.3 is 10.5 Å². The van der Waals surface area contributed by atoms with Crippen LogP contribution in [0.1, 0.15) is 23.0 Å². The summed E-state index contributed by atoms with van der Waals surface area (Å²) in [5, 5.41) is 19.0. The molecule has 0 saturated heterocycles. The molecule has 0 saturated carbocycles. The first-order valence-electron chi connectivity index (χ1n) is 9.43. The molecule has 1 amide bonds. The van der Waals surface area contributed by atoms with Crippen molar-refractivity contribution < 1.29 is 18.6 Å². The molecular formula is C20H17FN8O3. The quantitative estimate of drug-likeness (QED) is 0.331. The summed E-state index contributed by atoms with van der Waals surface area (Å²) in [6.07, 6.45) is 1.19. The van der Waals surface area contributed by atoms with Crippen LogP contribution in [0, 0.1) is 5.82 Å². The highest BCUT2D eigenvalue weighted by Gasteiger charge is 2.25. The van der Waals surface area contributed by atoms with E-state index in [1.54, 1.807) is 36.4 Å². The number of hydrogen-bond acceptors (Lipinski definition) is 9. The smallest absolute Gasteiger partial charge is 0.294 e. The third kappa shape index (κ3) is 4.14. The van der Waals surface area contributed by atoms with Gasteiger partial charge in [0.1, 0.15) is 17.3 Å². The molecule has 0 bridgehead atoms. The van der Waals surface area contributed by atoms with Crippen molar-refractivity contribution in [2.75, 3.05) is 12.3 Å². The van der Waals surface area contributed by atoms with Crippen LogP contribution in [0.25, 0.3) is 17.1 Å². The van der Waals surface area contributed by atoms with Crippen molar-refractivity contribution in [1.29, 1.82) is 0 Å². The second-order valence-corrected chi connectivity index (χ2v) is 6.35. The van der Waals surface area contributed by atoms with Gasteiger partial charge in [0.25, 0.3) is 5.91 Å². The van der Waals surface area contributed by atoms with Crippen LogP contribution < -0.4 is 15.9 Å². The summed E-state index contributed by atoms with van der Waals surface area (Å²) in [5.74, 6) is -0.563. The molecule has 3 N–H and O–H groups in total. The second kappa shape index (κ2) is 9.04. The Hall–Kier alpha value is -4.61. The zero-order valence-corrected chi connectivity index (χ0v) is 16.8. The number of aromatic nitrogens is 5. The number of hydrazone groups is 1. The third-order valence-corrected chi connectivity index (χ3v) is 4.27. The van der Waals surface area contributed by atoms with Crippen LogP contribution in [0.2, 0.25) is 0 Å². The van der Waals surface area contributed by atoms with Gasteiger partial charge in [-0.2, -0.15) is 9.78 Å². The lowest BCUT2D eigenvalue weighted by atomic mass is 10.1. The molecule has 0 aliphatic carbocycles. The number of nitrogens with two attached hydrogens (primary N) is 1. The summed E-state index contributed by atoms with van der Waals surface area (Å²) in [7, 11) is 0. The average Bonchev–Trinajstić information content (AvgIpc) is 3.41. The molecule has 0 radical (unpaired) electrons. The van der Waals surface area contributed by atoms with E-state index in [9.17, 15) is 9.18 Å². The molecule has 4 aromatic rings. The lowest BCUT2D eigenvalue weighted by Gasteiger charge is -2.08. The molecule has 2 heterocycles. The fraction of sp³-hybridized carbons (Fsp3) is 0.100. The van der Waals surface area contributed by atoms with Crippen molar-refractivity contribution in [3.63, 3.8) is 0 Å². The molecule has 0 atom stereocenters. The van der Waals surface area contributed by atoms with Crippen LogP contribution >= 0.6 is 0 Å². The number of nitrogen functional groups attached to an aromatic ring is 1. The van der Waals surface area contributed by atoms with Gasteiger partial charge in [0.15, 0.2) is 5.69 Å². The molecule has 11 nitrogen and oxygen atoms in total. The van der Waals surface area contributed by atoms with Crippen LogP contribution in [-0.2, 0) is 0 Å². The fourth-order valence-corrected chi connectivity index (χ4v) is 2.87. The van der Waals surface area contributed by atoms with Crippen molar-refractivity contribution in [2.24, 2.45) is 5.10 Å². The predicted octanol–water partition coefficient (Wildman–Crippen LogP) is 2.20. The van der Waals surface area contributed by atoms with Gasteiger partial charge in [0.05, 0.1) is 12.8 Å². The molecule has 0 spiro atoms. The SMILES string of the molecule is CCOc1cccc(-c2c(C(=O)NN=Cc3ccccc3F)nnn2-c2nonc2N)c1. The van der Waals surface area contributed by atoms with E-state index in [2.05, 4.69) is 35.8 Å². The maximum absolute atomic E-state index is 13.7. The largest absolute Gasteiger partial charge is 0.494 e. The van der Waals surface area contributed by atoms with E-state index in [1.807, 2.05) is 6.92 Å². The zero-order chi connectivity index (χ0) is 22.5. The third-order valence-electron chi connectivity index (χ3n) is 4.27. The van der Waals surface area contributed by atoms with E-state index in [0.29, 0.717) is 17.9 Å². The van der Waals surface area contributed by atoms with Crippen molar-refractivity contribution >= 4 is 17.9 Å². The summed E-state index contributed by atoms with van der Waals surface area (Å²) in [6, 6.07) is 13.0. The highest BCUT2D eigenvalue weighted by molar-refractivity contribution is 5.99. The van der Waals surface area contributed by atoms with Crippen LogP contribution in [-0.4, -0.2) is 44.0 Å². The monoisotopic (exact) mass is 436 g/mol. The number of benzene rings is 2. The predicted molar refractivity (Wildman–Crippen MR) is 112 cm³/mol. The Labute approximate surface area is 180 Å².